The van der Waals surface area contributed by atoms with E-state index >= 15 is 0 Å². The van der Waals surface area contributed by atoms with Gasteiger partial charge >= 0.3 is 0 Å². The number of hydrogen-bond donors (Lipinski definition) is 2. The van der Waals surface area contributed by atoms with Crippen molar-refractivity contribution in [2.24, 2.45) is 5.73 Å². The van der Waals surface area contributed by atoms with E-state index < -0.39 is 0 Å². The molecule has 17 heavy (non-hydrogen) atoms. The summed E-state index contributed by atoms with van der Waals surface area (Å²) in [6.45, 7) is 5.60. The number of pyridine rings is 1. The van der Waals surface area contributed by atoms with Crippen molar-refractivity contribution in [3.05, 3.63) is 18.3 Å². The second-order valence-electron chi connectivity index (χ2n) is 4.25. The SMILES string of the molecule is CC(N)CC(=O)Nc1cccnc1OC(C)C. The maximum Gasteiger partial charge on any atom is 0.238 e. The van der Waals surface area contributed by atoms with Gasteiger partial charge in [-0.1, -0.05) is 0 Å². The molecule has 1 unspecified atom stereocenters. The molecule has 0 radical (unpaired) electrons. The van der Waals surface area contributed by atoms with Crippen LogP contribution in [-0.2, 0) is 4.79 Å². The fraction of sp³-hybridized carbons (Fsp3) is 0.500. The largest absolute Gasteiger partial charge is 0.473 e. The first-order valence-corrected chi connectivity index (χ1v) is 5.66. The van der Waals surface area contributed by atoms with Gasteiger partial charge in [-0.2, -0.15) is 0 Å². The number of amides is 1. The molecule has 94 valence electrons. The average Bonchev–Trinajstić information content (AvgIpc) is 2.18. The van der Waals surface area contributed by atoms with E-state index in [-0.39, 0.29) is 24.5 Å². The number of nitrogens with zero attached hydrogens (tertiary/aromatic N) is 1. The first kappa shape index (κ1) is 13.4. The highest BCUT2D eigenvalue weighted by Crippen LogP contribution is 2.21. The summed E-state index contributed by atoms with van der Waals surface area (Å²) >= 11 is 0. The first-order chi connectivity index (χ1) is 7.99. The molecule has 0 spiro atoms. The Kier molecular flexibility index (Phi) is 4.90. The lowest BCUT2D eigenvalue weighted by Crippen LogP contribution is -2.24. The third-order valence-electron chi connectivity index (χ3n) is 1.90. The summed E-state index contributed by atoms with van der Waals surface area (Å²) in [5.74, 6) is 0.294. The summed E-state index contributed by atoms with van der Waals surface area (Å²) in [5, 5.41) is 2.74. The van der Waals surface area contributed by atoms with Crippen molar-refractivity contribution in [1.29, 1.82) is 0 Å². The molecule has 3 N–H and O–H groups in total. The van der Waals surface area contributed by atoms with Crippen LogP contribution in [0.2, 0.25) is 0 Å². The second kappa shape index (κ2) is 6.20. The van der Waals surface area contributed by atoms with Crippen LogP contribution >= 0.6 is 0 Å². The summed E-state index contributed by atoms with van der Waals surface area (Å²) in [7, 11) is 0. The average molecular weight is 237 g/mol. The topological polar surface area (TPSA) is 77.2 Å². The Bertz CT molecular complexity index is 378. The predicted molar refractivity (Wildman–Crippen MR) is 66.9 cm³/mol. The fourth-order valence-corrected chi connectivity index (χ4v) is 1.30. The van der Waals surface area contributed by atoms with Crippen molar-refractivity contribution in [2.75, 3.05) is 5.32 Å². The molecule has 0 saturated carbocycles. The van der Waals surface area contributed by atoms with Gasteiger partial charge in [-0.3, -0.25) is 4.79 Å². The molecule has 0 aliphatic rings. The van der Waals surface area contributed by atoms with Gasteiger partial charge in [0.15, 0.2) is 0 Å². The zero-order valence-electron chi connectivity index (χ0n) is 10.4. The lowest BCUT2D eigenvalue weighted by atomic mass is 10.2. The highest BCUT2D eigenvalue weighted by Gasteiger charge is 2.11. The number of hydrogen-bond acceptors (Lipinski definition) is 4. The van der Waals surface area contributed by atoms with Gasteiger partial charge < -0.3 is 15.8 Å². The van der Waals surface area contributed by atoms with E-state index in [2.05, 4.69) is 10.3 Å². The van der Waals surface area contributed by atoms with Gasteiger partial charge in [0, 0.05) is 18.7 Å². The number of nitrogens with one attached hydrogen (secondary N) is 1. The van der Waals surface area contributed by atoms with Crippen molar-refractivity contribution in [3.63, 3.8) is 0 Å². The maximum atomic E-state index is 11.6. The summed E-state index contributed by atoms with van der Waals surface area (Å²) in [6.07, 6.45) is 1.91. The van der Waals surface area contributed by atoms with Crippen LogP contribution in [0.5, 0.6) is 5.88 Å². The second-order valence-corrected chi connectivity index (χ2v) is 4.25. The molecule has 0 saturated heterocycles. The van der Waals surface area contributed by atoms with Gasteiger partial charge in [-0.15, -0.1) is 0 Å². The van der Waals surface area contributed by atoms with Gasteiger partial charge in [0.1, 0.15) is 5.69 Å². The smallest absolute Gasteiger partial charge is 0.238 e. The van der Waals surface area contributed by atoms with Crippen molar-refractivity contribution >= 4 is 11.6 Å². The number of nitrogens with two attached hydrogens (primary N) is 1. The summed E-state index contributed by atoms with van der Waals surface area (Å²) in [6, 6.07) is 3.33. The molecule has 5 heteroatoms. The highest BCUT2D eigenvalue weighted by molar-refractivity contribution is 5.92. The Balaban J connectivity index is 2.72. The molecule has 1 aromatic rings. The summed E-state index contributed by atoms with van der Waals surface area (Å²) in [4.78, 5) is 15.7. The molecule has 1 atom stereocenters. The highest BCUT2D eigenvalue weighted by atomic mass is 16.5. The van der Waals surface area contributed by atoms with Gasteiger partial charge in [-0.25, -0.2) is 4.98 Å². The van der Waals surface area contributed by atoms with Gasteiger partial charge in [0.05, 0.1) is 6.10 Å². The Labute approximate surface area is 101 Å². The van der Waals surface area contributed by atoms with Crippen LogP contribution in [-0.4, -0.2) is 23.0 Å². The minimum atomic E-state index is -0.166. The number of carbonyl (C=O) groups is 1. The molecular formula is C12H19N3O2. The van der Waals surface area contributed by atoms with E-state index in [0.717, 1.165) is 0 Å². The van der Waals surface area contributed by atoms with E-state index in [1.165, 1.54) is 0 Å². The monoisotopic (exact) mass is 237 g/mol. The van der Waals surface area contributed by atoms with E-state index in [4.69, 9.17) is 10.5 Å². The standard InChI is InChI=1S/C12H19N3O2/c1-8(2)17-12-10(5-4-6-14-12)15-11(16)7-9(3)13/h4-6,8-9H,7,13H2,1-3H3,(H,15,16). The number of anilines is 1. The molecule has 1 aromatic heterocycles. The molecule has 0 bridgehead atoms. The fourth-order valence-electron chi connectivity index (χ4n) is 1.30. The van der Waals surface area contributed by atoms with Crippen LogP contribution in [0.4, 0.5) is 5.69 Å². The zero-order chi connectivity index (χ0) is 12.8. The third-order valence-corrected chi connectivity index (χ3v) is 1.90. The molecule has 0 fully saturated rings. The molecule has 1 rings (SSSR count). The van der Waals surface area contributed by atoms with Crippen LogP contribution < -0.4 is 15.8 Å². The van der Waals surface area contributed by atoms with Gasteiger partial charge in [0.2, 0.25) is 11.8 Å². The van der Waals surface area contributed by atoms with E-state index in [1.54, 1.807) is 25.3 Å². The van der Waals surface area contributed by atoms with Crippen molar-refractivity contribution in [2.45, 2.75) is 39.3 Å². The Morgan fingerprint density at radius 3 is 2.82 bits per heavy atom. The van der Waals surface area contributed by atoms with E-state index in [1.807, 2.05) is 13.8 Å². The van der Waals surface area contributed by atoms with Crippen molar-refractivity contribution in [1.82, 2.24) is 4.98 Å². The molecule has 5 nitrogen and oxygen atoms in total. The van der Waals surface area contributed by atoms with Crippen LogP contribution in [0.15, 0.2) is 18.3 Å². The van der Waals surface area contributed by atoms with Crippen molar-refractivity contribution < 1.29 is 9.53 Å². The van der Waals surface area contributed by atoms with Crippen LogP contribution in [0.25, 0.3) is 0 Å². The molecule has 0 aromatic carbocycles. The lowest BCUT2D eigenvalue weighted by Gasteiger charge is -2.13. The van der Waals surface area contributed by atoms with Crippen LogP contribution in [0, 0.1) is 0 Å². The molecule has 0 aliphatic heterocycles. The molecule has 0 aliphatic carbocycles. The van der Waals surface area contributed by atoms with Gasteiger partial charge in [0.25, 0.3) is 0 Å². The van der Waals surface area contributed by atoms with Crippen LogP contribution in [0.3, 0.4) is 0 Å². The molecule has 1 heterocycles. The zero-order valence-corrected chi connectivity index (χ0v) is 10.4. The summed E-state index contributed by atoms with van der Waals surface area (Å²) in [5.41, 5.74) is 6.13. The van der Waals surface area contributed by atoms with E-state index in [9.17, 15) is 4.79 Å². The van der Waals surface area contributed by atoms with Crippen LogP contribution in [0.1, 0.15) is 27.2 Å². The number of ether oxygens (including phenoxy) is 1. The normalized spacial score (nSPS) is 12.3. The summed E-state index contributed by atoms with van der Waals surface area (Å²) < 4.78 is 5.49. The van der Waals surface area contributed by atoms with Gasteiger partial charge in [-0.05, 0) is 32.9 Å². The lowest BCUT2D eigenvalue weighted by molar-refractivity contribution is -0.116. The van der Waals surface area contributed by atoms with E-state index in [0.29, 0.717) is 11.6 Å². The Morgan fingerprint density at radius 2 is 2.24 bits per heavy atom. The minimum absolute atomic E-state index is 0.00832. The minimum Gasteiger partial charge on any atom is -0.473 e. The van der Waals surface area contributed by atoms with Crippen molar-refractivity contribution in [3.8, 4) is 5.88 Å². The maximum absolute atomic E-state index is 11.6. The quantitative estimate of drug-likeness (QED) is 0.814. The Hall–Kier alpha value is -1.62. The Morgan fingerprint density at radius 1 is 1.53 bits per heavy atom. The molecular weight excluding hydrogens is 218 g/mol. The number of carbonyl (C=O) groups excluding carboxylic acids is 1. The predicted octanol–water partition coefficient (Wildman–Crippen LogP) is 1.54. The number of rotatable bonds is 5. The first-order valence-electron chi connectivity index (χ1n) is 5.66. The number of aromatic nitrogens is 1. The third kappa shape index (κ3) is 4.82. The molecule has 1 amide bonds.